The number of rotatable bonds is 2. The van der Waals surface area contributed by atoms with Crippen molar-refractivity contribution in [2.24, 2.45) is 0 Å². The van der Waals surface area contributed by atoms with Crippen LogP contribution in [0.15, 0.2) is 48.5 Å². The second kappa shape index (κ2) is 5.48. The van der Waals surface area contributed by atoms with Gasteiger partial charge in [-0.1, -0.05) is 12.1 Å². The summed E-state index contributed by atoms with van der Waals surface area (Å²) in [4.78, 5) is 11.9. The van der Waals surface area contributed by atoms with Gasteiger partial charge in [-0.2, -0.15) is 10.5 Å². The number of benzene rings is 2. The zero-order valence-corrected chi connectivity index (χ0v) is 9.83. The van der Waals surface area contributed by atoms with Crippen molar-refractivity contribution in [2.75, 3.05) is 0 Å². The van der Waals surface area contributed by atoms with E-state index in [2.05, 4.69) is 0 Å². The van der Waals surface area contributed by atoms with E-state index in [1.54, 1.807) is 36.4 Å². The fourth-order valence-electron chi connectivity index (χ4n) is 1.51. The molecule has 0 aliphatic heterocycles. The molecule has 0 unspecified atom stereocenters. The van der Waals surface area contributed by atoms with E-state index in [0.29, 0.717) is 22.4 Å². The minimum absolute atomic E-state index is 0.293. The molecule has 4 heteroatoms. The van der Waals surface area contributed by atoms with Gasteiger partial charge in [-0.15, -0.1) is 0 Å². The van der Waals surface area contributed by atoms with Gasteiger partial charge in [0.05, 0.1) is 28.8 Å². The van der Waals surface area contributed by atoms with Gasteiger partial charge in [0.15, 0.2) is 0 Å². The van der Waals surface area contributed by atoms with E-state index in [4.69, 9.17) is 15.3 Å². The van der Waals surface area contributed by atoms with Gasteiger partial charge in [0.1, 0.15) is 5.75 Å². The van der Waals surface area contributed by atoms with Gasteiger partial charge >= 0.3 is 5.97 Å². The highest BCUT2D eigenvalue weighted by Gasteiger charge is 2.09. The van der Waals surface area contributed by atoms with Gasteiger partial charge in [0.2, 0.25) is 0 Å². The van der Waals surface area contributed by atoms with Gasteiger partial charge in [-0.3, -0.25) is 0 Å². The summed E-state index contributed by atoms with van der Waals surface area (Å²) in [5.74, 6) is -0.265. The van der Waals surface area contributed by atoms with Crippen LogP contribution in [0.2, 0.25) is 0 Å². The Hall–Kier alpha value is -3.11. The van der Waals surface area contributed by atoms with Crippen LogP contribution in [0.3, 0.4) is 0 Å². The lowest BCUT2D eigenvalue weighted by molar-refractivity contribution is 0.0734. The van der Waals surface area contributed by atoms with E-state index in [9.17, 15) is 4.79 Å². The average molecular weight is 248 g/mol. The van der Waals surface area contributed by atoms with E-state index in [-0.39, 0.29) is 0 Å². The Kier molecular flexibility index (Phi) is 3.56. The predicted molar refractivity (Wildman–Crippen MR) is 67.3 cm³/mol. The molecule has 0 N–H and O–H groups in total. The molecule has 19 heavy (non-hydrogen) atoms. The molecule has 0 saturated heterocycles. The molecule has 2 aromatic carbocycles. The first kappa shape index (κ1) is 12.3. The molecule has 0 aliphatic carbocycles. The van der Waals surface area contributed by atoms with Gasteiger partial charge in [0.25, 0.3) is 0 Å². The lowest BCUT2D eigenvalue weighted by atomic mass is 10.1. The Labute approximate surface area is 110 Å². The number of carbonyl (C=O) groups excluding carboxylic acids is 1. The number of nitriles is 2. The van der Waals surface area contributed by atoms with Crippen LogP contribution >= 0.6 is 0 Å². The van der Waals surface area contributed by atoms with Crippen LogP contribution in [0, 0.1) is 22.7 Å². The molecule has 0 saturated carbocycles. The fraction of sp³-hybridized carbons (Fsp3) is 0. The smallest absolute Gasteiger partial charge is 0.343 e. The van der Waals surface area contributed by atoms with Crippen molar-refractivity contribution in [3.05, 3.63) is 65.2 Å². The standard InChI is InChI=1S/C15H8N2O2/c16-9-11-3-1-5-13(7-11)15(18)19-14-6-2-4-12(8-14)10-17/h1-8H. The monoisotopic (exact) mass is 248 g/mol. The number of esters is 1. The highest BCUT2D eigenvalue weighted by Crippen LogP contribution is 2.15. The van der Waals surface area contributed by atoms with Crippen molar-refractivity contribution in [3.8, 4) is 17.9 Å². The summed E-state index contributed by atoms with van der Waals surface area (Å²) in [7, 11) is 0. The molecular weight excluding hydrogens is 240 g/mol. The Bertz CT molecular complexity index is 709. The third kappa shape index (κ3) is 2.96. The van der Waals surface area contributed by atoms with Crippen molar-refractivity contribution in [2.45, 2.75) is 0 Å². The third-order valence-corrected chi connectivity index (χ3v) is 2.40. The van der Waals surface area contributed by atoms with Crippen molar-refractivity contribution in [1.82, 2.24) is 0 Å². The summed E-state index contributed by atoms with van der Waals surface area (Å²) in [6.45, 7) is 0. The normalized spacial score (nSPS) is 9.16. The lowest BCUT2D eigenvalue weighted by Gasteiger charge is -2.04. The molecule has 2 rings (SSSR count). The SMILES string of the molecule is N#Cc1cccc(OC(=O)c2cccc(C#N)c2)c1. The van der Waals surface area contributed by atoms with Crippen LogP contribution in [-0.4, -0.2) is 5.97 Å². The molecule has 0 bridgehead atoms. The maximum atomic E-state index is 11.9. The molecule has 0 spiro atoms. The number of ether oxygens (including phenoxy) is 1. The quantitative estimate of drug-likeness (QED) is 0.604. The summed E-state index contributed by atoms with van der Waals surface area (Å²) in [6.07, 6.45) is 0. The largest absolute Gasteiger partial charge is 0.423 e. The molecule has 0 amide bonds. The minimum atomic E-state index is -0.563. The molecule has 90 valence electrons. The first-order chi connectivity index (χ1) is 9.22. The summed E-state index contributed by atoms with van der Waals surface area (Å²) < 4.78 is 5.14. The Morgan fingerprint density at radius 1 is 0.947 bits per heavy atom. The highest BCUT2D eigenvalue weighted by atomic mass is 16.5. The van der Waals surface area contributed by atoms with Crippen LogP contribution in [0.25, 0.3) is 0 Å². The van der Waals surface area contributed by atoms with Crippen molar-refractivity contribution < 1.29 is 9.53 Å². The second-order valence-electron chi connectivity index (χ2n) is 3.72. The fourth-order valence-corrected chi connectivity index (χ4v) is 1.51. The number of carbonyl (C=O) groups is 1. The molecule has 2 aromatic rings. The van der Waals surface area contributed by atoms with Crippen molar-refractivity contribution in [3.63, 3.8) is 0 Å². The molecule has 4 nitrogen and oxygen atoms in total. The maximum absolute atomic E-state index is 11.9. The zero-order valence-electron chi connectivity index (χ0n) is 9.83. The number of hydrogen-bond acceptors (Lipinski definition) is 4. The van der Waals surface area contributed by atoms with E-state index in [1.807, 2.05) is 12.1 Å². The Morgan fingerprint density at radius 2 is 1.58 bits per heavy atom. The number of nitrogens with zero attached hydrogens (tertiary/aromatic N) is 2. The summed E-state index contributed by atoms with van der Waals surface area (Å²) >= 11 is 0. The zero-order chi connectivity index (χ0) is 13.7. The van der Waals surface area contributed by atoms with Crippen LogP contribution in [0.4, 0.5) is 0 Å². The van der Waals surface area contributed by atoms with E-state index in [0.717, 1.165) is 0 Å². The first-order valence-corrected chi connectivity index (χ1v) is 5.45. The molecule has 0 radical (unpaired) electrons. The van der Waals surface area contributed by atoms with Crippen molar-refractivity contribution >= 4 is 5.97 Å². The molecule has 0 aliphatic rings. The molecule has 0 fully saturated rings. The minimum Gasteiger partial charge on any atom is -0.423 e. The molecular formula is C15H8N2O2. The first-order valence-electron chi connectivity index (χ1n) is 5.45. The summed E-state index contributed by atoms with van der Waals surface area (Å²) in [6, 6.07) is 16.5. The van der Waals surface area contributed by atoms with Gasteiger partial charge in [0, 0.05) is 0 Å². The van der Waals surface area contributed by atoms with Crippen LogP contribution in [0.1, 0.15) is 21.5 Å². The molecule has 0 aromatic heterocycles. The average Bonchev–Trinajstić information content (AvgIpc) is 2.47. The van der Waals surface area contributed by atoms with E-state index >= 15 is 0 Å². The topological polar surface area (TPSA) is 73.9 Å². The van der Waals surface area contributed by atoms with Gasteiger partial charge < -0.3 is 4.74 Å². The Morgan fingerprint density at radius 3 is 2.26 bits per heavy atom. The van der Waals surface area contributed by atoms with E-state index < -0.39 is 5.97 Å². The molecule has 0 atom stereocenters. The second-order valence-corrected chi connectivity index (χ2v) is 3.72. The third-order valence-electron chi connectivity index (χ3n) is 2.40. The maximum Gasteiger partial charge on any atom is 0.343 e. The van der Waals surface area contributed by atoms with Gasteiger partial charge in [-0.25, -0.2) is 4.79 Å². The van der Waals surface area contributed by atoms with E-state index in [1.165, 1.54) is 12.1 Å². The van der Waals surface area contributed by atoms with Crippen molar-refractivity contribution in [1.29, 1.82) is 10.5 Å². The van der Waals surface area contributed by atoms with Gasteiger partial charge in [-0.05, 0) is 36.4 Å². The summed E-state index contributed by atoms with van der Waals surface area (Å²) in [5.41, 5.74) is 1.10. The highest BCUT2D eigenvalue weighted by molar-refractivity contribution is 5.91. The van der Waals surface area contributed by atoms with Crippen LogP contribution in [-0.2, 0) is 0 Å². The van der Waals surface area contributed by atoms with Crippen LogP contribution < -0.4 is 4.74 Å². The number of hydrogen-bond donors (Lipinski definition) is 0. The Balaban J connectivity index is 2.21. The molecule has 0 heterocycles. The van der Waals surface area contributed by atoms with Crippen LogP contribution in [0.5, 0.6) is 5.75 Å². The predicted octanol–water partition coefficient (Wildman–Crippen LogP) is 2.65. The summed E-state index contributed by atoms with van der Waals surface area (Å²) in [5, 5.41) is 17.5. The lowest BCUT2D eigenvalue weighted by Crippen LogP contribution is -2.08.